The van der Waals surface area contributed by atoms with E-state index in [4.69, 9.17) is 14.2 Å². The normalized spacial score (nSPS) is 12.2. The van der Waals surface area contributed by atoms with Crippen LogP contribution in [0.3, 0.4) is 0 Å². The molecular formula is C62H114O6. The molecule has 0 N–H and O–H groups in total. The summed E-state index contributed by atoms with van der Waals surface area (Å²) >= 11 is 0. The minimum atomic E-state index is -0.775. The van der Waals surface area contributed by atoms with Gasteiger partial charge in [0.25, 0.3) is 0 Å². The SMILES string of the molecule is CCCCC/C=C\C/C=C\CCCCCCCCCC(=O)OC[C@@H](COC(=O)CCCCCCCCCCCCCCCCCC)OC(=O)CCCCCCCCC/C=C\CCCCCCCC. The van der Waals surface area contributed by atoms with Crippen LogP contribution in [0.5, 0.6) is 0 Å². The second-order valence-electron chi connectivity index (χ2n) is 20.3. The van der Waals surface area contributed by atoms with Gasteiger partial charge in [-0.2, -0.15) is 0 Å². The highest BCUT2D eigenvalue weighted by molar-refractivity contribution is 5.71. The summed E-state index contributed by atoms with van der Waals surface area (Å²) in [5.41, 5.74) is 0. The lowest BCUT2D eigenvalue weighted by Crippen LogP contribution is -2.30. The van der Waals surface area contributed by atoms with Crippen molar-refractivity contribution in [3.63, 3.8) is 0 Å². The van der Waals surface area contributed by atoms with E-state index in [2.05, 4.69) is 57.2 Å². The van der Waals surface area contributed by atoms with Crippen molar-refractivity contribution in [3.8, 4) is 0 Å². The number of esters is 3. The summed E-state index contributed by atoms with van der Waals surface area (Å²) in [5.74, 6) is -0.865. The van der Waals surface area contributed by atoms with E-state index < -0.39 is 6.10 Å². The molecule has 0 bridgehead atoms. The Balaban J connectivity index is 4.36. The van der Waals surface area contributed by atoms with Gasteiger partial charge in [0.1, 0.15) is 13.2 Å². The first-order chi connectivity index (χ1) is 33.5. The summed E-state index contributed by atoms with van der Waals surface area (Å²) in [6.07, 6.45) is 68.4. The van der Waals surface area contributed by atoms with E-state index in [9.17, 15) is 14.4 Å². The first-order valence-corrected chi connectivity index (χ1v) is 30.0. The van der Waals surface area contributed by atoms with Gasteiger partial charge in [-0.05, 0) is 77.0 Å². The maximum absolute atomic E-state index is 12.9. The van der Waals surface area contributed by atoms with Crippen molar-refractivity contribution in [1.82, 2.24) is 0 Å². The smallest absolute Gasteiger partial charge is 0.306 e. The van der Waals surface area contributed by atoms with E-state index in [0.717, 1.165) is 70.6 Å². The molecule has 1 atom stereocenters. The molecule has 0 aliphatic rings. The molecule has 0 unspecified atom stereocenters. The number of unbranched alkanes of at least 4 members (excludes halogenated alkanes) is 38. The predicted octanol–water partition coefficient (Wildman–Crippen LogP) is 20.0. The van der Waals surface area contributed by atoms with Crippen molar-refractivity contribution >= 4 is 17.9 Å². The molecule has 0 aliphatic heterocycles. The van der Waals surface area contributed by atoms with Crippen molar-refractivity contribution in [3.05, 3.63) is 36.5 Å². The molecule has 6 nitrogen and oxygen atoms in total. The fraction of sp³-hybridized carbons (Fsp3) is 0.855. The molecule has 0 rings (SSSR count). The van der Waals surface area contributed by atoms with Crippen LogP contribution in [0.25, 0.3) is 0 Å². The molecule has 0 aliphatic carbocycles. The Morgan fingerprint density at radius 1 is 0.294 bits per heavy atom. The Bertz CT molecular complexity index is 1140. The van der Waals surface area contributed by atoms with Crippen LogP contribution in [0, 0.1) is 0 Å². The van der Waals surface area contributed by atoms with Gasteiger partial charge in [-0.25, -0.2) is 0 Å². The third kappa shape index (κ3) is 54.6. The summed E-state index contributed by atoms with van der Waals surface area (Å²) < 4.78 is 16.9. The molecule has 0 spiro atoms. The fourth-order valence-electron chi connectivity index (χ4n) is 8.82. The van der Waals surface area contributed by atoms with Crippen LogP contribution in [0.15, 0.2) is 36.5 Å². The second kappa shape index (κ2) is 57.2. The molecule has 0 fully saturated rings. The number of hydrogen-bond acceptors (Lipinski definition) is 6. The molecule has 0 heterocycles. The zero-order chi connectivity index (χ0) is 49.3. The highest BCUT2D eigenvalue weighted by Crippen LogP contribution is 2.17. The van der Waals surface area contributed by atoms with Gasteiger partial charge in [0, 0.05) is 19.3 Å². The number of carbonyl (C=O) groups excluding carboxylic acids is 3. The highest BCUT2D eigenvalue weighted by atomic mass is 16.6. The van der Waals surface area contributed by atoms with E-state index in [1.165, 1.54) is 212 Å². The van der Waals surface area contributed by atoms with Gasteiger partial charge in [0.15, 0.2) is 6.10 Å². The first-order valence-electron chi connectivity index (χ1n) is 30.0. The Morgan fingerprint density at radius 2 is 0.529 bits per heavy atom. The largest absolute Gasteiger partial charge is 0.462 e. The summed E-state index contributed by atoms with van der Waals surface area (Å²) in [6, 6.07) is 0. The number of allylic oxidation sites excluding steroid dienone is 6. The minimum absolute atomic E-state index is 0.0725. The predicted molar refractivity (Wildman–Crippen MR) is 293 cm³/mol. The monoisotopic (exact) mass is 955 g/mol. The van der Waals surface area contributed by atoms with Gasteiger partial charge in [-0.15, -0.1) is 0 Å². The molecule has 6 heteroatoms. The average molecular weight is 956 g/mol. The fourth-order valence-corrected chi connectivity index (χ4v) is 8.82. The molecule has 0 saturated heterocycles. The van der Waals surface area contributed by atoms with E-state index in [-0.39, 0.29) is 31.1 Å². The molecule has 0 aromatic rings. The van der Waals surface area contributed by atoms with Gasteiger partial charge in [0.2, 0.25) is 0 Å². The van der Waals surface area contributed by atoms with Crippen molar-refractivity contribution in [2.45, 2.75) is 329 Å². The van der Waals surface area contributed by atoms with Crippen LogP contribution in [0.1, 0.15) is 323 Å². The Hall–Kier alpha value is -2.37. The van der Waals surface area contributed by atoms with Crippen molar-refractivity contribution in [1.29, 1.82) is 0 Å². The van der Waals surface area contributed by atoms with Crippen molar-refractivity contribution in [2.75, 3.05) is 13.2 Å². The summed E-state index contributed by atoms with van der Waals surface area (Å²) in [5, 5.41) is 0. The van der Waals surface area contributed by atoms with Crippen molar-refractivity contribution < 1.29 is 28.6 Å². The molecule has 0 radical (unpaired) electrons. The molecule has 68 heavy (non-hydrogen) atoms. The topological polar surface area (TPSA) is 78.9 Å². The lowest BCUT2D eigenvalue weighted by atomic mass is 10.0. The molecule has 0 amide bonds. The molecule has 398 valence electrons. The maximum Gasteiger partial charge on any atom is 0.306 e. The molecule has 0 aromatic heterocycles. The standard InChI is InChI=1S/C62H114O6/c1-4-7-10-13-16-19-22-25-28-31-34-37-40-43-46-49-52-55-61(64)67-58-59(57-66-60(63)54-51-48-45-42-39-36-33-30-27-24-21-18-15-12-9-6-3)68-62(65)56-53-50-47-44-41-38-35-32-29-26-23-20-17-14-11-8-5-2/h16,19,25-26,28-29,59H,4-15,17-18,20-24,27,30-58H2,1-3H3/b19-16-,28-25-,29-26-/t59-/m1/s1. The zero-order valence-electron chi connectivity index (χ0n) is 45.6. The quantitative estimate of drug-likeness (QED) is 0.0262. The average Bonchev–Trinajstić information content (AvgIpc) is 3.34. The minimum Gasteiger partial charge on any atom is -0.462 e. The molecule has 0 aromatic carbocycles. The summed E-state index contributed by atoms with van der Waals surface area (Å²) in [7, 11) is 0. The number of rotatable bonds is 55. The summed E-state index contributed by atoms with van der Waals surface area (Å²) in [4.78, 5) is 38.2. The lowest BCUT2D eigenvalue weighted by molar-refractivity contribution is -0.167. The molecular weight excluding hydrogens is 841 g/mol. The number of carbonyl (C=O) groups is 3. The van der Waals surface area contributed by atoms with Crippen LogP contribution in [-0.4, -0.2) is 37.2 Å². The van der Waals surface area contributed by atoms with Crippen LogP contribution in [-0.2, 0) is 28.6 Å². The van der Waals surface area contributed by atoms with Gasteiger partial charge >= 0.3 is 17.9 Å². The van der Waals surface area contributed by atoms with Gasteiger partial charge in [-0.1, -0.05) is 263 Å². The van der Waals surface area contributed by atoms with Crippen LogP contribution < -0.4 is 0 Å². The highest BCUT2D eigenvalue weighted by Gasteiger charge is 2.19. The Morgan fingerprint density at radius 3 is 0.853 bits per heavy atom. The Kier molecular flexibility index (Phi) is 55.2. The van der Waals surface area contributed by atoms with E-state index in [1.54, 1.807) is 0 Å². The summed E-state index contributed by atoms with van der Waals surface area (Å²) in [6.45, 7) is 6.65. The number of ether oxygens (including phenoxy) is 3. The zero-order valence-corrected chi connectivity index (χ0v) is 45.6. The number of hydrogen-bond donors (Lipinski definition) is 0. The van der Waals surface area contributed by atoms with E-state index >= 15 is 0 Å². The third-order valence-electron chi connectivity index (χ3n) is 13.4. The third-order valence-corrected chi connectivity index (χ3v) is 13.4. The van der Waals surface area contributed by atoms with E-state index in [0.29, 0.717) is 19.3 Å². The second-order valence-corrected chi connectivity index (χ2v) is 20.3. The van der Waals surface area contributed by atoms with Crippen molar-refractivity contribution in [2.24, 2.45) is 0 Å². The van der Waals surface area contributed by atoms with Gasteiger partial charge in [0.05, 0.1) is 0 Å². The maximum atomic E-state index is 12.9. The Labute approximate surface area is 423 Å². The molecule has 0 saturated carbocycles. The van der Waals surface area contributed by atoms with Gasteiger partial charge in [-0.3, -0.25) is 14.4 Å². The first kappa shape index (κ1) is 65.6. The van der Waals surface area contributed by atoms with E-state index in [1.807, 2.05) is 0 Å². The lowest BCUT2D eigenvalue weighted by Gasteiger charge is -2.18. The van der Waals surface area contributed by atoms with Gasteiger partial charge < -0.3 is 14.2 Å². The van der Waals surface area contributed by atoms with Crippen LogP contribution in [0.4, 0.5) is 0 Å². The van der Waals surface area contributed by atoms with Crippen LogP contribution in [0.2, 0.25) is 0 Å². The van der Waals surface area contributed by atoms with Crippen LogP contribution >= 0.6 is 0 Å².